The zero-order valence-electron chi connectivity index (χ0n) is 19.6. The highest BCUT2D eigenvalue weighted by Crippen LogP contribution is 2.84. The summed E-state index contributed by atoms with van der Waals surface area (Å²) in [6.45, 7) is 6.59. The standard InChI is InChI=1S/C22H27NO12/c1-6-13(26)31-12-11(33-17(29)23-5)20-10-7(24)8(18(2,3)4)19(20)9(25)14(27)34-16(19)35-22(20,15(28)32-10)21(6,12)30/h6-12,16,24-25,30H,1-5H3,(H,23,29)/t6-,7-,8+,9+,10?,11+,12?,16?,19?,20?,21-,22?/m1/s1. The lowest BCUT2D eigenvalue weighted by atomic mass is 9.51. The lowest BCUT2D eigenvalue weighted by Crippen LogP contribution is -2.67. The van der Waals surface area contributed by atoms with Crippen LogP contribution < -0.4 is 5.32 Å². The van der Waals surface area contributed by atoms with E-state index >= 15 is 0 Å². The van der Waals surface area contributed by atoms with Gasteiger partial charge in [0.2, 0.25) is 11.9 Å². The van der Waals surface area contributed by atoms with Crippen molar-refractivity contribution in [2.24, 2.45) is 28.1 Å². The Bertz CT molecular complexity index is 1090. The van der Waals surface area contributed by atoms with Crippen molar-refractivity contribution >= 4 is 24.0 Å². The zero-order chi connectivity index (χ0) is 25.7. The molecule has 0 aromatic rings. The number of esters is 3. The van der Waals surface area contributed by atoms with Crippen LogP contribution in [0.1, 0.15) is 27.7 Å². The Hall–Kier alpha value is -2.48. The van der Waals surface area contributed by atoms with Crippen LogP contribution in [0, 0.1) is 28.1 Å². The number of carbonyl (C=O) groups excluding carboxylic acids is 4. The maximum Gasteiger partial charge on any atom is 0.407 e. The van der Waals surface area contributed by atoms with Gasteiger partial charge in [-0.05, 0) is 12.3 Å². The molecule has 6 rings (SSSR count). The van der Waals surface area contributed by atoms with E-state index in [0.29, 0.717) is 0 Å². The number of amides is 1. The second-order valence-corrected chi connectivity index (χ2v) is 11.4. The Morgan fingerprint density at radius 1 is 1.06 bits per heavy atom. The molecule has 6 unspecified atom stereocenters. The van der Waals surface area contributed by atoms with E-state index in [4.69, 9.17) is 23.7 Å². The molecular formula is C22H27NO12. The molecule has 0 aromatic carbocycles. The van der Waals surface area contributed by atoms with Crippen molar-refractivity contribution < 1.29 is 58.2 Å². The minimum Gasteiger partial charge on any atom is -0.456 e. The Kier molecular flexibility index (Phi) is 3.98. The van der Waals surface area contributed by atoms with E-state index < -0.39 is 100 Å². The maximum absolute atomic E-state index is 13.7. The molecule has 0 bridgehead atoms. The monoisotopic (exact) mass is 497 g/mol. The Morgan fingerprint density at radius 2 is 1.71 bits per heavy atom. The number of fused-ring (bicyclic) bond motifs is 1. The number of hydrogen-bond acceptors (Lipinski definition) is 12. The molecule has 2 spiro atoms. The van der Waals surface area contributed by atoms with E-state index in [1.165, 1.54) is 14.0 Å². The van der Waals surface area contributed by atoms with Crippen LogP contribution >= 0.6 is 0 Å². The maximum atomic E-state index is 13.7. The van der Waals surface area contributed by atoms with Crippen LogP contribution in [0.15, 0.2) is 0 Å². The lowest BCUT2D eigenvalue weighted by molar-refractivity contribution is -0.240. The van der Waals surface area contributed by atoms with Crippen LogP contribution in [-0.4, -0.2) is 94.4 Å². The summed E-state index contributed by atoms with van der Waals surface area (Å²) in [5, 5.41) is 37.6. The van der Waals surface area contributed by atoms with Crippen LogP contribution in [0.2, 0.25) is 0 Å². The molecule has 4 saturated heterocycles. The van der Waals surface area contributed by atoms with Crippen molar-refractivity contribution in [3.8, 4) is 0 Å². The molecule has 4 heterocycles. The molecule has 35 heavy (non-hydrogen) atoms. The summed E-state index contributed by atoms with van der Waals surface area (Å²) in [6.07, 6.45) is -10.8. The van der Waals surface area contributed by atoms with Crippen LogP contribution in [0.25, 0.3) is 0 Å². The number of nitrogens with one attached hydrogen (secondary N) is 1. The van der Waals surface area contributed by atoms with Crippen molar-refractivity contribution in [1.29, 1.82) is 0 Å². The van der Waals surface area contributed by atoms with Crippen molar-refractivity contribution in [3.05, 3.63) is 0 Å². The van der Waals surface area contributed by atoms with E-state index in [-0.39, 0.29) is 0 Å². The van der Waals surface area contributed by atoms with E-state index in [9.17, 15) is 34.5 Å². The molecule has 4 aliphatic heterocycles. The summed E-state index contributed by atoms with van der Waals surface area (Å²) in [7, 11) is 1.28. The predicted octanol–water partition coefficient (Wildman–Crippen LogP) is -2.03. The molecule has 6 aliphatic rings. The Morgan fingerprint density at radius 3 is 2.31 bits per heavy atom. The number of hydrogen-bond donors (Lipinski definition) is 4. The molecule has 1 amide bonds. The summed E-state index contributed by atoms with van der Waals surface area (Å²) in [5.74, 6) is -5.44. The Balaban J connectivity index is 1.75. The zero-order valence-corrected chi connectivity index (χ0v) is 19.6. The summed E-state index contributed by atoms with van der Waals surface area (Å²) in [5.41, 5.74) is -9.72. The average molecular weight is 497 g/mol. The van der Waals surface area contributed by atoms with Gasteiger partial charge in [-0.3, -0.25) is 4.79 Å². The first-order valence-corrected chi connectivity index (χ1v) is 11.5. The van der Waals surface area contributed by atoms with Gasteiger partial charge in [0.15, 0.2) is 23.9 Å². The molecule has 4 N–H and O–H groups in total. The minimum absolute atomic E-state index is 0.849. The fourth-order valence-electron chi connectivity index (χ4n) is 8.56. The van der Waals surface area contributed by atoms with Gasteiger partial charge in [-0.1, -0.05) is 20.8 Å². The van der Waals surface area contributed by atoms with E-state index in [1.54, 1.807) is 20.8 Å². The van der Waals surface area contributed by atoms with Gasteiger partial charge in [0.05, 0.1) is 17.4 Å². The number of rotatable bonds is 1. The molecule has 2 aliphatic carbocycles. The van der Waals surface area contributed by atoms with E-state index in [1.807, 2.05) is 0 Å². The minimum atomic E-state index is -2.47. The van der Waals surface area contributed by atoms with Gasteiger partial charge in [0.1, 0.15) is 11.5 Å². The molecule has 13 nitrogen and oxygen atoms in total. The SMILES string of the molecule is CNC(=O)O[C@H]1C2OC(=O)[C@@H](C)[C@]2(O)C23OC4OC(=O)[C@H](O)C45[C@H](C(C)(C)C)[C@@H](O)C(OC2=O)C153. The van der Waals surface area contributed by atoms with Gasteiger partial charge in [-0.15, -0.1) is 0 Å². The predicted molar refractivity (Wildman–Crippen MR) is 107 cm³/mol. The van der Waals surface area contributed by atoms with E-state index in [2.05, 4.69) is 5.32 Å². The van der Waals surface area contributed by atoms with Gasteiger partial charge in [0, 0.05) is 13.0 Å². The third kappa shape index (κ3) is 1.86. The van der Waals surface area contributed by atoms with Gasteiger partial charge in [0.25, 0.3) is 0 Å². The summed E-state index contributed by atoms with van der Waals surface area (Å²) in [4.78, 5) is 51.7. The number of ether oxygens (including phenoxy) is 5. The Labute approximate surface area is 199 Å². The highest BCUT2D eigenvalue weighted by atomic mass is 16.8. The second-order valence-electron chi connectivity index (χ2n) is 11.4. The van der Waals surface area contributed by atoms with Gasteiger partial charge >= 0.3 is 24.0 Å². The molecule has 2 saturated carbocycles. The number of aliphatic hydroxyl groups is 3. The fourth-order valence-corrected chi connectivity index (χ4v) is 8.56. The van der Waals surface area contributed by atoms with Crippen molar-refractivity contribution in [1.82, 2.24) is 5.32 Å². The summed E-state index contributed by atoms with van der Waals surface area (Å²) >= 11 is 0. The van der Waals surface area contributed by atoms with Gasteiger partial charge < -0.3 is 44.3 Å². The van der Waals surface area contributed by atoms with Crippen LogP contribution in [0.5, 0.6) is 0 Å². The normalized spacial score (nSPS) is 55.0. The van der Waals surface area contributed by atoms with Crippen molar-refractivity contribution in [2.45, 2.75) is 75.7 Å². The number of aliphatic hydroxyl groups excluding tert-OH is 2. The van der Waals surface area contributed by atoms with Crippen molar-refractivity contribution in [3.63, 3.8) is 0 Å². The van der Waals surface area contributed by atoms with E-state index in [0.717, 1.165) is 0 Å². The highest BCUT2D eigenvalue weighted by molar-refractivity contribution is 5.94. The second kappa shape index (κ2) is 6.07. The lowest BCUT2D eigenvalue weighted by Gasteiger charge is -2.47. The first kappa shape index (κ1) is 23.0. The van der Waals surface area contributed by atoms with Crippen molar-refractivity contribution in [2.75, 3.05) is 7.05 Å². The third-order valence-corrected chi connectivity index (χ3v) is 9.36. The summed E-state index contributed by atoms with van der Waals surface area (Å²) < 4.78 is 28.4. The summed E-state index contributed by atoms with van der Waals surface area (Å²) in [6, 6.07) is 0. The smallest absolute Gasteiger partial charge is 0.407 e. The molecular weight excluding hydrogens is 470 g/mol. The number of alkyl carbamates (subject to hydrolysis) is 1. The van der Waals surface area contributed by atoms with Gasteiger partial charge in [-0.2, -0.15) is 0 Å². The molecule has 192 valence electrons. The van der Waals surface area contributed by atoms with Crippen LogP contribution in [0.3, 0.4) is 0 Å². The first-order valence-electron chi connectivity index (χ1n) is 11.5. The van der Waals surface area contributed by atoms with Crippen LogP contribution in [0.4, 0.5) is 4.79 Å². The van der Waals surface area contributed by atoms with Crippen LogP contribution in [-0.2, 0) is 38.1 Å². The number of carbonyl (C=O) groups is 4. The molecule has 0 radical (unpaired) electrons. The highest BCUT2D eigenvalue weighted by Gasteiger charge is 3.06. The quantitative estimate of drug-likeness (QED) is 0.230. The molecule has 0 aromatic heterocycles. The molecule has 13 heteroatoms. The molecule has 12 atom stereocenters. The molecule has 6 fully saturated rings. The van der Waals surface area contributed by atoms with Gasteiger partial charge in [-0.25, -0.2) is 14.4 Å². The largest absolute Gasteiger partial charge is 0.456 e. The fraction of sp³-hybridized carbons (Fsp3) is 0.818. The first-order chi connectivity index (χ1) is 16.2. The topological polar surface area (TPSA) is 187 Å². The third-order valence-electron chi connectivity index (χ3n) is 9.36. The average Bonchev–Trinajstić information content (AvgIpc) is 3.46.